The van der Waals surface area contributed by atoms with Crippen LogP contribution in [0, 0.1) is 18.7 Å². The van der Waals surface area contributed by atoms with Crippen LogP contribution >= 0.6 is 11.3 Å². The fourth-order valence-corrected chi connectivity index (χ4v) is 3.29. The Hall–Kier alpha value is -1.48. The summed E-state index contributed by atoms with van der Waals surface area (Å²) in [5, 5.41) is 2.34. The molecule has 0 radical (unpaired) electrons. The number of benzene rings is 1. The molecule has 0 spiro atoms. The zero-order valence-corrected chi connectivity index (χ0v) is 16.8. The summed E-state index contributed by atoms with van der Waals surface area (Å²) in [5.41, 5.74) is 0.478. The Morgan fingerprint density at radius 2 is 1.85 bits per heavy atom. The molecule has 1 aliphatic rings. The molecule has 1 aliphatic heterocycles. The van der Waals surface area contributed by atoms with Crippen LogP contribution in [0.2, 0.25) is 0 Å². The minimum atomic E-state index is -0.357. The summed E-state index contributed by atoms with van der Waals surface area (Å²) < 4.78 is 12.9. The zero-order valence-electron chi connectivity index (χ0n) is 16.0. The normalized spacial score (nSPS) is 14.0. The number of hydrogen-bond donors (Lipinski definition) is 0. The Morgan fingerprint density at radius 1 is 1.26 bits per heavy atom. The number of aromatic nitrogens is 1. The number of halogens is 1. The predicted molar refractivity (Wildman–Crippen MR) is 102 cm³/mol. The second kappa shape index (κ2) is 12.1. The van der Waals surface area contributed by atoms with Crippen molar-refractivity contribution in [2.24, 2.45) is 5.92 Å². The molecule has 140 valence electrons. The number of thiazole rings is 1. The third kappa shape index (κ3) is 6.88. The first-order chi connectivity index (χ1) is 12.6. The summed E-state index contributed by atoms with van der Waals surface area (Å²) in [6, 6.07) is 5.55. The first-order valence-corrected chi connectivity index (χ1v) is 9.72. The molecule has 0 unspecified atom stereocenters. The summed E-state index contributed by atoms with van der Waals surface area (Å²) in [5.74, 6) is -0.461. The summed E-state index contributed by atoms with van der Waals surface area (Å²) in [6.07, 6.45) is 5.20. The molecule has 1 saturated heterocycles. The van der Waals surface area contributed by atoms with E-state index in [4.69, 9.17) is 0 Å². The van der Waals surface area contributed by atoms with Crippen molar-refractivity contribution in [1.82, 2.24) is 9.88 Å². The molecule has 4 nitrogen and oxygen atoms in total. The Labute approximate surface area is 176 Å². The van der Waals surface area contributed by atoms with Crippen molar-refractivity contribution in [1.29, 1.82) is 0 Å². The fraction of sp³-hybridized carbons (Fsp3) is 0.400. The van der Waals surface area contributed by atoms with E-state index in [1.165, 1.54) is 42.0 Å². The molecular formula is C20H24FLiN2O2S. The summed E-state index contributed by atoms with van der Waals surface area (Å²) >= 11 is 1.35. The average molecular weight is 382 g/mol. The van der Waals surface area contributed by atoms with E-state index in [9.17, 15) is 14.0 Å². The first-order valence-electron chi connectivity index (χ1n) is 8.84. The van der Waals surface area contributed by atoms with Gasteiger partial charge in [-0.2, -0.15) is 6.42 Å². The van der Waals surface area contributed by atoms with Gasteiger partial charge in [0, 0.05) is 36.1 Å². The van der Waals surface area contributed by atoms with E-state index in [1.54, 1.807) is 16.5 Å². The Bertz CT molecular complexity index is 697. The van der Waals surface area contributed by atoms with Crippen LogP contribution < -0.4 is 18.9 Å². The maximum absolute atomic E-state index is 12.9. The first kappa shape index (κ1) is 23.6. The second-order valence-electron chi connectivity index (χ2n) is 6.13. The molecule has 1 fully saturated rings. The van der Waals surface area contributed by atoms with Crippen LogP contribution in [-0.2, 0) is 0 Å². The molecule has 0 N–H and O–H groups in total. The van der Waals surface area contributed by atoms with E-state index in [0.717, 1.165) is 6.42 Å². The molecule has 2 aromatic rings. The molecule has 0 saturated carbocycles. The summed E-state index contributed by atoms with van der Waals surface area (Å²) in [7, 11) is 0. The largest absolute Gasteiger partial charge is 1.00 e. The van der Waals surface area contributed by atoms with E-state index in [1.807, 2.05) is 0 Å². The molecule has 7 heteroatoms. The van der Waals surface area contributed by atoms with Crippen LogP contribution in [0.5, 0.6) is 0 Å². The molecule has 27 heavy (non-hydrogen) atoms. The van der Waals surface area contributed by atoms with Gasteiger partial charge in [0.05, 0.1) is 0 Å². The molecule has 2 heterocycles. The van der Waals surface area contributed by atoms with Crippen molar-refractivity contribution in [3.05, 3.63) is 59.2 Å². The van der Waals surface area contributed by atoms with Gasteiger partial charge >= 0.3 is 18.9 Å². The van der Waals surface area contributed by atoms with Gasteiger partial charge in [0.1, 0.15) is 5.82 Å². The predicted octanol–water partition coefficient (Wildman–Crippen LogP) is 1.64. The Balaban J connectivity index is 0.000000666. The van der Waals surface area contributed by atoms with E-state index in [-0.39, 0.29) is 42.3 Å². The maximum atomic E-state index is 12.9. The van der Waals surface area contributed by atoms with Gasteiger partial charge in [0.2, 0.25) is 0 Å². The van der Waals surface area contributed by atoms with Crippen molar-refractivity contribution in [3.63, 3.8) is 0 Å². The number of amides is 1. The van der Waals surface area contributed by atoms with Crippen LogP contribution in [0.4, 0.5) is 4.39 Å². The molecular weight excluding hydrogens is 358 g/mol. The maximum Gasteiger partial charge on any atom is 1.00 e. The van der Waals surface area contributed by atoms with Gasteiger partial charge in [-0.3, -0.25) is 9.59 Å². The molecule has 3 rings (SSSR count). The number of carbonyl (C=O) groups is 2. The van der Waals surface area contributed by atoms with Gasteiger partial charge in [0.15, 0.2) is 10.8 Å². The van der Waals surface area contributed by atoms with Crippen molar-refractivity contribution in [3.8, 4) is 0 Å². The quantitative estimate of drug-likeness (QED) is 0.459. The molecule has 0 aliphatic carbocycles. The minimum absolute atomic E-state index is 0. The van der Waals surface area contributed by atoms with Gasteiger partial charge in [-0.25, -0.2) is 9.37 Å². The van der Waals surface area contributed by atoms with Crippen LogP contribution in [0.15, 0.2) is 35.8 Å². The monoisotopic (exact) mass is 382 g/mol. The molecule has 1 amide bonds. The number of rotatable bonds is 4. The number of ketones is 1. The molecule has 1 aromatic heterocycles. The topological polar surface area (TPSA) is 50.3 Å². The smallest absolute Gasteiger partial charge is 0.343 e. The van der Waals surface area contributed by atoms with E-state index < -0.39 is 0 Å². The fourth-order valence-electron chi connectivity index (χ4n) is 2.64. The number of unbranched alkanes of at least 4 members (excludes halogenated alkanes) is 1. The van der Waals surface area contributed by atoms with Gasteiger partial charge < -0.3 is 11.8 Å². The van der Waals surface area contributed by atoms with E-state index >= 15 is 0 Å². The van der Waals surface area contributed by atoms with Crippen molar-refractivity contribution in [2.75, 3.05) is 13.1 Å². The second-order valence-corrected chi connectivity index (χ2v) is 7.02. The van der Waals surface area contributed by atoms with Crippen molar-refractivity contribution < 1.29 is 32.8 Å². The average Bonchev–Trinajstić information content (AvgIpc) is 3.22. The standard InChI is InChI=1S/C16H15FN2O2S.C4H9.Li/c17-13-3-1-12(2-4-13)16(21)19-8-5-11(6-9-19)14(20)15-18-7-10-22-15;1-3-4-2;/h1-4,7,10-11H,5-6,8-9H2;1,3-4H2,2H3;/q;-1;+1. The number of hydrogen-bond acceptors (Lipinski definition) is 4. The van der Waals surface area contributed by atoms with Crippen LogP contribution in [0.3, 0.4) is 0 Å². The zero-order chi connectivity index (χ0) is 18.9. The van der Waals surface area contributed by atoms with Crippen molar-refractivity contribution in [2.45, 2.75) is 32.6 Å². The van der Waals surface area contributed by atoms with Crippen molar-refractivity contribution >= 4 is 23.0 Å². The third-order valence-corrected chi connectivity index (χ3v) is 5.03. The molecule has 1 aromatic carbocycles. The van der Waals surface area contributed by atoms with Gasteiger partial charge in [0.25, 0.3) is 5.91 Å². The molecule has 0 bridgehead atoms. The van der Waals surface area contributed by atoms with Gasteiger partial charge in [-0.15, -0.1) is 11.3 Å². The van der Waals surface area contributed by atoms with E-state index in [2.05, 4.69) is 18.8 Å². The molecule has 0 atom stereocenters. The number of nitrogens with zero attached hydrogens (tertiary/aromatic N) is 2. The summed E-state index contributed by atoms with van der Waals surface area (Å²) in [6.45, 7) is 6.80. The van der Waals surface area contributed by atoms with Gasteiger partial charge in [-0.05, 0) is 37.1 Å². The van der Waals surface area contributed by atoms with Crippen LogP contribution in [-0.4, -0.2) is 34.7 Å². The van der Waals surface area contributed by atoms with Crippen LogP contribution in [0.1, 0.15) is 52.8 Å². The van der Waals surface area contributed by atoms with E-state index in [0.29, 0.717) is 36.5 Å². The number of likely N-dealkylation sites (tertiary alicyclic amines) is 1. The minimum Gasteiger partial charge on any atom is -0.343 e. The summed E-state index contributed by atoms with van der Waals surface area (Å²) in [4.78, 5) is 30.3. The Morgan fingerprint density at radius 3 is 2.33 bits per heavy atom. The number of piperidine rings is 1. The number of carbonyl (C=O) groups excluding carboxylic acids is 2. The Kier molecular flexibility index (Phi) is 10.5. The third-order valence-electron chi connectivity index (χ3n) is 4.24. The van der Waals surface area contributed by atoms with Gasteiger partial charge in [-0.1, -0.05) is 13.3 Å². The number of Topliss-reactive ketones (excluding diaryl/α,β-unsaturated/α-hetero) is 1. The SMILES string of the molecule is O=C(c1nccs1)C1CCN(C(=O)c2ccc(F)cc2)CC1.[CH2-]CCC.[Li+]. The van der Waals surface area contributed by atoms with Crippen LogP contribution in [0.25, 0.3) is 0 Å².